The minimum Gasteiger partial charge on any atom is -0.376 e. The largest absolute Gasteiger partial charge is 0.376 e. The zero-order valence-corrected chi connectivity index (χ0v) is 12.7. The predicted octanol–water partition coefficient (Wildman–Crippen LogP) is 2.40. The molecule has 2 saturated heterocycles. The molecule has 6 nitrogen and oxygen atoms in total. The molecule has 2 amide bonds. The van der Waals surface area contributed by atoms with Crippen LogP contribution in [0.3, 0.4) is 0 Å². The van der Waals surface area contributed by atoms with Crippen LogP contribution in [0.4, 0.5) is 4.79 Å². The van der Waals surface area contributed by atoms with Crippen molar-refractivity contribution in [2.24, 2.45) is 0 Å². The first-order valence-electron chi connectivity index (χ1n) is 7.77. The van der Waals surface area contributed by atoms with E-state index in [9.17, 15) is 4.79 Å². The van der Waals surface area contributed by atoms with Gasteiger partial charge in [-0.1, -0.05) is 5.16 Å². The Balaban J connectivity index is 1.63. The van der Waals surface area contributed by atoms with Crippen LogP contribution in [0, 0.1) is 6.92 Å². The third kappa shape index (κ3) is 3.05. The van der Waals surface area contributed by atoms with Gasteiger partial charge in [-0.3, -0.25) is 0 Å². The topological polar surface area (TPSA) is 67.6 Å². The lowest BCUT2D eigenvalue weighted by Crippen LogP contribution is -2.47. The number of aromatic nitrogens is 1. The second-order valence-electron chi connectivity index (χ2n) is 6.01. The van der Waals surface area contributed by atoms with Crippen LogP contribution in [0.2, 0.25) is 0 Å². The summed E-state index contributed by atoms with van der Waals surface area (Å²) in [5, 5.41) is 7.00. The van der Waals surface area contributed by atoms with Gasteiger partial charge >= 0.3 is 6.03 Å². The van der Waals surface area contributed by atoms with Crippen molar-refractivity contribution in [1.82, 2.24) is 15.4 Å². The highest BCUT2D eigenvalue weighted by atomic mass is 16.5. The Morgan fingerprint density at radius 2 is 2.33 bits per heavy atom. The molecule has 0 aliphatic carbocycles. The van der Waals surface area contributed by atoms with Crippen molar-refractivity contribution in [2.75, 3.05) is 13.2 Å². The number of rotatable bonds is 3. The summed E-state index contributed by atoms with van der Waals surface area (Å²) in [6, 6.07) is 1.93. The number of amides is 2. The summed E-state index contributed by atoms with van der Waals surface area (Å²) in [4.78, 5) is 14.4. The molecule has 1 aromatic heterocycles. The molecular weight excluding hydrogens is 270 g/mol. The number of urea groups is 1. The van der Waals surface area contributed by atoms with E-state index in [1.807, 2.05) is 24.8 Å². The number of likely N-dealkylation sites (tertiary alicyclic amines) is 1. The Kier molecular flexibility index (Phi) is 4.14. The fourth-order valence-corrected chi connectivity index (χ4v) is 3.21. The molecule has 1 aromatic rings. The van der Waals surface area contributed by atoms with Gasteiger partial charge in [-0.25, -0.2) is 4.79 Å². The van der Waals surface area contributed by atoms with Crippen molar-refractivity contribution in [3.8, 4) is 0 Å². The molecule has 0 radical (unpaired) electrons. The van der Waals surface area contributed by atoms with Gasteiger partial charge in [0.15, 0.2) is 5.76 Å². The normalized spacial score (nSPS) is 27.0. The van der Waals surface area contributed by atoms with Crippen molar-refractivity contribution in [1.29, 1.82) is 0 Å². The van der Waals surface area contributed by atoms with Gasteiger partial charge in [-0.2, -0.15) is 0 Å². The average Bonchev–Trinajstić information content (AvgIpc) is 3.19. The van der Waals surface area contributed by atoms with E-state index < -0.39 is 0 Å². The fraction of sp³-hybridized carbons (Fsp3) is 0.733. The summed E-state index contributed by atoms with van der Waals surface area (Å²) in [6.07, 6.45) is 4.16. The highest BCUT2D eigenvalue weighted by Gasteiger charge is 2.34. The van der Waals surface area contributed by atoms with Crippen molar-refractivity contribution in [3.05, 3.63) is 17.5 Å². The smallest absolute Gasteiger partial charge is 0.318 e. The Labute approximate surface area is 124 Å². The monoisotopic (exact) mass is 293 g/mol. The standard InChI is InChI=1S/C15H23N3O3/c1-10-9-14(21-17-10)12-5-3-7-18(12)15(19)16-11(2)13-6-4-8-20-13/h9,11-13H,3-8H2,1-2H3,(H,16,19)/t11-,12+,13-/m1/s1. The van der Waals surface area contributed by atoms with Crippen LogP contribution in [-0.2, 0) is 4.74 Å². The summed E-state index contributed by atoms with van der Waals surface area (Å²) < 4.78 is 11.0. The molecule has 3 atom stereocenters. The van der Waals surface area contributed by atoms with Crippen LogP contribution in [-0.4, -0.2) is 41.4 Å². The molecule has 21 heavy (non-hydrogen) atoms. The summed E-state index contributed by atoms with van der Waals surface area (Å²) in [6.45, 7) is 5.46. The first kappa shape index (κ1) is 14.4. The SMILES string of the molecule is Cc1cc([C@@H]2CCCN2C(=O)N[C@H](C)[C@H]2CCCO2)on1. The Morgan fingerprint density at radius 1 is 1.48 bits per heavy atom. The Bertz CT molecular complexity index is 496. The molecule has 116 valence electrons. The van der Waals surface area contributed by atoms with Crippen molar-refractivity contribution >= 4 is 6.03 Å². The quantitative estimate of drug-likeness (QED) is 0.929. The zero-order chi connectivity index (χ0) is 14.8. The minimum atomic E-state index is -0.0328. The molecule has 0 unspecified atom stereocenters. The number of hydrogen-bond acceptors (Lipinski definition) is 4. The maximum absolute atomic E-state index is 12.5. The molecule has 0 aromatic carbocycles. The maximum Gasteiger partial charge on any atom is 0.318 e. The summed E-state index contributed by atoms with van der Waals surface area (Å²) in [5.74, 6) is 0.782. The molecule has 1 N–H and O–H groups in total. The third-order valence-corrected chi connectivity index (χ3v) is 4.36. The lowest BCUT2D eigenvalue weighted by Gasteiger charge is -2.27. The molecule has 2 aliphatic rings. The molecule has 6 heteroatoms. The highest BCUT2D eigenvalue weighted by Crippen LogP contribution is 2.32. The van der Waals surface area contributed by atoms with Gasteiger partial charge in [-0.15, -0.1) is 0 Å². The van der Waals surface area contributed by atoms with Gasteiger partial charge in [0.1, 0.15) is 0 Å². The highest BCUT2D eigenvalue weighted by molar-refractivity contribution is 5.75. The molecule has 2 aliphatic heterocycles. The van der Waals surface area contributed by atoms with Crippen LogP contribution < -0.4 is 5.32 Å². The molecule has 3 heterocycles. The number of aryl methyl sites for hydroxylation is 1. The number of nitrogens with zero attached hydrogens (tertiary/aromatic N) is 2. The van der Waals surface area contributed by atoms with Crippen LogP contribution in [0.5, 0.6) is 0 Å². The zero-order valence-electron chi connectivity index (χ0n) is 12.7. The number of hydrogen-bond donors (Lipinski definition) is 1. The van der Waals surface area contributed by atoms with Gasteiger partial charge in [0.05, 0.1) is 23.9 Å². The number of nitrogens with one attached hydrogen (secondary N) is 1. The number of carbonyl (C=O) groups excluding carboxylic acids is 1. The second-order valence-corrected chi connectivity index (χ2v) is 6.01. The van der Waals surface area contributed by atoms with Crippen LogP contribution in [0.15, 0.2) is 10.6 Å². The lowest BCUT2D eigenvalue weighted by molar-refractivity contribution is 0.0825. The van der Waals surface area contributed by atoms with E-state index in [1.165, 1.54) is 0 Å². The van der Waals surface area contributed by atoms with E-state index in [-0.39, 0.29) is 24.2 Å². The van der Waals surface area contributed by atoms with E-state index in [4.69, 9.17) is 9.26 Å². The van der Waals surface area contributed by atoms with E-state index in [1.54, 1.807) is 0 Å². The molecule has 3 rings (SSSR count). The van der Waals surface area contributed by atoms with Gasteiger partial charge in [0, 0.05) is 19.2 Å². The van der Waals surface area contributed by atoms with Gasteiger partial charge in [-0.05, 0) is 39.5 Å². The Hall–Kier alpha value is -1.56. The first-order chi connectivity index (χ1) is 10.1. The summed E-state index contributed by atoms with van der Waals surface area (Å²) >= 11 is 0. The van der Waals surface area contributed by atoms with E-state index in [0.717, 1.165) is 50.3 Å². The van der Waals surface area contributed by atoms with Crippen LogP contribution >= 0.6 is 0 Å². The molecular formula is C15H23N3O3. The van der Waals surface area contributed by atoms with Crippen molar-refractivity contribution < 1.29 is 14.1 Å². The third-order valence-electron chi connectivity index (χ3n) is 4.36. The maximum atomic E-state index is 12.5. The van der Waals surface area contributed by atoms with Crippen molar-refractivity contribution in [3.63, 3.8) is 0 Å². The van der Waals surface area contributed by atoms with Gasteiger partial charge < -0.3 is 19.5 Å². The number of ether oxygens (including phenoxy) is 1. The van der Waals surface area contributed by atoms with E-state index in [0.29, 0.717) is 0 Å². The molecule has 2 fully saturated rings. The predicted molar refractivity (Wildman–Crippen MR) is 76.9 cm³/mol. The van der Waals surface area contributed by atoms with Crippen LogP contribution in [0.25, 0.3) is 0 Å². The van der Waals surface area contributed by atoms with Crippen LogP contribution in [0.1, 0.15) is 50.1 Å². The average molecular weight is 293 g/mol. The minimum absolute atomic E-state index is 0.00268. The summed E-state index contributed by atoms with van der Waals surface area (Å²) in [5.41, 5.74) is 0.852. The summed E-state index contributed by atoms with van der Waals surface area (Å²) in [7, 11) is 0. The number of carbonyl (C=O) groups is 1. The molecule has 0 spiro atoms. The molecule has 0 saturated carbocycles. The Morgan fingerprint density at radius 3 is 3.00 bits per heavy atom. The van der Waals surface area contributed by atoms with Gasteiger partial charge in [0.25, 0.3) is 0 Å². The second kappa shape index (κ2) is 6.05. The van der Waals surface area contributed by atoms with E-state index >= 15 is 0 Å². The van der Waals surface area contributed by atoms with Crippen molar-refractivity contribution in [2.45, 2.75) is 57.7 Å². The fourth-order valence-electron chi connectivity index (χ4n) is 3.21. The lowest BCUT2D eigenvalue weighted by atomic mass is 10.1. The van der Waals surface area contributed by atoms with Gasteiger partial charge in [0.2, 0.25) is 0 Å². The molecule has 0 bridgehead atoms. The first-order valence-corrected chi connectivity index (χ1v) is 7.77. The van der Waals surface area contributed by atoms with E-state index in [2.05, 4.69) is 10.5 Å².